The average molecular weight is 279 g/mol. The fourth-order valence-electron chi connectivity index (χ4n) is 3.10. The summed E-state index contributed by atoms with van der Waals surface area (Å²) < 4.78 is 19.0. The third-order valence-electron chi connectivity index (χ3n) is 4.38. The van der Waals surface area contributed by atoms with Gasteiger partial charge in [-0.05, 0) is 50.4 Å². The number of hydrogen-bond donors (Lipinski definition) is 1. The highest BCUT2D eigenvalue weighted by atomic mass is 19.1. The van der Waals surface area contributed by atoms with Crippen LogP contribution in [-0.4, -0.2) is 13.7 Å². The van der Waals surface area contributed by atoms with E-state index in [-0.39, 0.29) is 11.9 Å². The van der Waals surface area contributed by atoms with Gasteiger partial charge in [-0.15, -0.1) is 0 Å². The first-order valence-electron chi connectivity index (χ1n) is 7.77. The molecule has 1 aromatic carbocycles. The Morgan fingerprint density at radius 2 is 2.10 bits per heavy atom. The summed E-state index contributed by atoms with van der Waals surface area (Å²) in [5.41, 5.74) is 0.685. The topological polar surface area (TPSA) is 21.3 Å². The zero-order valence-electron chi connectivity index (χ0n) is 12.6. The van der Waals surface area contributed by atoms with Crippen molar-refractivity contribution in [2.24, 2.45) is 5.92 Å². The van der Waals surface area contributed by atoms with Crippen molar-refractivity contribution in [3.63, 3.8) is 0 Å². The van der Waals surface area contributed by atoms with Gasteiger partial charge in [-0.3, -0.25) is 0 Å². The van der Waals surface area contributed by atoms with Gasteiger partial charge in [0.05, 0.1) is 7.11 Å². The Hall–Kier alpha value is -1.09. The van der Waals surface area contributed by atoms with Gasteiger partial charge in [0, 0.05) is 11.6 Å². The quantitative estimate of drug-likeness (QED) is 0.744. The maximum absolute atomic E-state index is 13.8. The Morgan fingerprint density at radius 3 is 2.80 bits per heavy atom. The monoisotopic (exact) mass is 279 g/mol. The van der Waals surface area contributed by atoms with E-state index in [0.717, 1.165) is 12.5 Å². The molecular weight excluding hydrogens is 253 g/mol. The van der Waals surface area contributed by atoms with Crippen LogP contribution in [0.1, 0.15) is 57.1 Å². The first kappa shape index (κ1) is 15.3. The molecule has 2 rings (SSSR count). The number of nitrogens with one attached hydrogen (secondary N) is 1. The van der Waals surface area contributed by atoms with Crippen molar-refractivity contribution in [1.82, 2.24) is 5.32 Å². The Bertz CT molecular complexity index is 415. The average Bonchev–Trinajstić information content (AvgIpc) is 2.97. The van der Waals surface area contributed by atoms with E-state index in [1.54, 1.807) is 19.2 Å². The Balaban J connectivity index is 1.77. The molecule has 0 spiro atoms. The smallest absolute Gasteiger partial charge is 0.128 e. The predicted octanol–water partition coefficient (Wildman–Crippen LogP) is 4.46. The molecule has 20 heavy (non-hydrogen) atoms. The van der Waals surface area contributed by atoms with Gasteiger partial charge in [-0.25, -0.2) is 4.39 Å². The normalized spacial score (nSPS) is 17.4. The zero-order valence-corrected chi connectivity index (χ0v) is 12.6. The van der Waals surface area contributed by atoms with Crippen molar-refractivity contribution < 1.29 is 9.13 Å². The van der Waals surface area contributed by atoms with Crippen LogP contribution in [0.5, 0.6) is 5.75 Å². The molecule has 1 aliphatic carbocycles. The molecule has 1 atom stereocenters. The third-order valence-corrected chi connectivity index (χ3v) is 4.38. The molecule has 1 saturated carbocycles. The van der Waals surface area contributed by atoms with E-state index >= 15 is 0 Å². The lowest BCUT2D eigenvalue weighted by Crippen LogP contribution is -2.21. The molecule has 1 N–H and O–H groups in total. The first-order valence-corrected chi connectivity index (χ1v) is 7.77. The van der Waals surface area contributed by atoms with Crippen LogP contribution in [0, 0.1) is 11.7 Å². The highest BCUT2D eigenvalue weighted by Crippen LogP contribution is 2.28. The summed E-state index contributed by atoms with van der Waals surface area (Å²) in [6.07, 6.45) is 8.11. The van der Waals surface area contributed by atoms with Gasteiger partial charge in [0.25, 0.3) is 0 Å². The molecule has 1 fully saturated rings. The molecule has 1 aliphatic rings. The maximum Gasteiger partial charge on any atom is 0.128 e. The summed E-state index contributed by atoms with van der Waals surface area (Å²) in [5.74, 6) is 1.48. The first-order chi connectivity index (χ1) is 9.70. The van der Waals surface area contributed by atoms with Crippen LogP contribution in [0.2, 0.25) is 0 Å². The second-order valence-electron chi connectivity index (χ2n) is 5.86. The third kappa shape index (κ3) is 4.20. The lowest BCUT2D eigenvalue weighted by molar-refractivity contribution is 0.410. The summed E-state index contributed by atoms with van der Waals surface area (Å²) in [7, 11) is 1.61. The zero-order chi connectivity index (χ0) is 14.4. The van der Waals surface area contributed by atoms with Gasteiger partial charge in [0.1, 0.15) is 11.6 Å². The van der Waals surface area contributed by atoms with Crippen molar-refractivity contribution >= 4 is 0 Å². The number of hydrogen-bond acceptors (Lipinski definition) is 2. The summed E-state index contributed by atoms with van der Waals surface area (Å²) in [6, 6.07) is 4.94. The van der Waals surface area contributed by atoms with Crippen molar-refractivity contribution in [2.45, 2.75) is 51.5 Å². The summed E-state index contributed by atoms with van der Waals surface area (Å²) in [6.45, 7) is 2.96. The molecule has 0 heterocycles. The minimum atomic E-state index is -0.165. The van der Waals surface area contributed by atoms with E-state index in [1.807, 2.05) is 6.92 Å². The molecule has 0 aromatic heterocycles. The summed E-state index contributed by atoms with van der Waals surface area (Å²) >= 11 is 0. The SMILES string of the molecule is COc1ccc(F)c([C@@H](C)NCCCC2CCCC2)c1. The fourth-order valence-corrected chi connectivity index (χ4v) is 3.10. The van der Waals surface area contributed by atoms with Gasteiger partial charge < -0.3 is 10.1 Å². The molecule has 3 heteroatoms. The van der Waals surface area contributed by atoms with Crippen LogP contribution >= 0.6 is 0 Å². The Labute approximate surface area is 121 Å². The predicted molar refractivity (Wildman–Crippen MR) is 80.6 cm³/mol. The van der Waals surface area contributed by atoms with Crippen LogP contribution in [0.3, 0.4) is 0 Å². The second kappa shape index (κ2) is 7.63. The van der Waals surface area contributed by atoms with E-state index in [0.29, 0.717) is 11.3 Å². The number of benzene rings is 1. The molecular formula is C17H26FNO. The van der Waals surface area contributed by atoms with Crippen LogP contribution in [-0.2, 0) is 0 Å². The van der Waals surface area contributed by atoms with Crippen LogP contribution in [0.4, 0.5) is 4.39 Å². The van der Waals surface area contributed by atoms with Gasteiger partial charge in [-0.1, -0.05) is 25.7 Å². The molecule has 0 amide bonds. The molecule has 2 nitrogen and oxygen atoms in total. The van der Waals surface area contributed by atoms with Crippen molar-refractivity contribution in [2.75, 3.05) is 13.7 Å². The van der Waals surface area contributed by atoms with Gasteiger partial charge in [0.2, 0.25) is 0 Å². The molecule has 0 radical (unpaired) electrons. The van der Waals surface area contributed by atoms with E-state index in [9.17, 15) is 4.39 Å². The minimum absolute atomic E-state index is 0.0219. The van der Waals surface area contributed by atoms with E-state index in [2.05, 4.69) is 5.32 Å². The highest BCUT2D eigenvalue weighted by molar-refractivity contribution is 5.31. The van der Waals surface area contributed by atoms with Crippen LogP contribution in [0.25, 0.3) is 0 Å². The van der Waals surface area contributed by atoms with Crippen molar-refractivity contribution in [3.05, 3.63) is 29.6 Å². The second-order valence-corrected chi connectivity index (χ2v) is 5.86. The maximum atomic E-state index is 13.8. The molecule has 0 saturated heterocycles. The summed E-state index contributed by atoms with van der Waals surface area (Å²) in [5, 5.41) is 3.42. The molecule has 112 valence electrons. The Kier molecular flexibility index (Phi) is 5.84. The van der Waals surface area contributed by atoms with Crippen LogP contribution in [0.15, 0.2) is 18.2 Å². The fraction of sp³-hybridized carbons (Fsp3) is 0.647. The Morgan fingerprint density at radius 1 is 1.35 bits per heavy atom. The highest BCUT2D eigenvalue weighted by Gasteiger charge is 2.15. The van der Waals surface area contributed by atoms with Crippen molar-refractivity contribution in [3.8, 4) is 5.75 Å². The number of rotatable bonds is 7. The number of halogens is 1. The van der Waals surface area contributed by atoms with E-state index in [1.165, 1.54) is 44.6 Å². The lowest BCUT2D eigenvalue weighted by atomic mass is 10.0. The molecule has 1 aromatic rings. The molecule has 0 unspecified atom stereocenters. The standard InChI is InChI=1S/C17H26FNO/c1-13(16-12-15(20-2)9-10-17(16)18)19-11-5-8-14-6-3-4-7-14/h9-10,12-14,19H,3-8,11H2,1-2H3/t13-/m1/s1. The number of methoxy groups -OCH3 is 1. The van der Waals surface area contributed by atoms with Crippen molar-refractivity contribution in [1.29, 1.82) is 0 Å². The van der Waals surface area contributed by atoms with E-state index in [4.69, 9.17) is 4.74 Å². The van der Waals surface area contributed by atoms with Gasteiger partial charge >= 0.3 is 0 Å². The molecule has 0 bridgehead atoms. The van der Waals surface area contributed by atoms with Crippen LogP contribution < -0.4 is 10.1 Å². The summed E-state index contributed by atoms with van der Waals surface area (Å²) in [4.78, 5) is 0. The lowest BCUT2D eigenvalue weighted by Gasteiger charge is -2.16. The molecule has 0 aliphatic heterocycles. The van der Waals surface area contributed by atoms with Gasteiger partial charge in [0.15, 0.2) is 0 Å². The number of ether oxygens (including phenoxy) is 1. The largest absolute Gasteiger partial charge is 0.497 e. The van der Waals surface area contributed by atoms with Gasteiger partial charge in [-0.2, -0.15) is 0 Å². The minimum Gasteiger partial charge on any atom is -0.497 e. The van der Waals surface area contributed by atoms with E-state index < -0.39 is 0 Å².